The van der Waals surface area contributed by atoms with Crippen molar-refractivity contribution >= 4 is 39.4 Å². The number of ether oxygens (including phenoxy) is 3. The predicted molar refractivity (Wildman–Crippen MR) is 106 cm³/mol. The normalized spacial score (nSPS) is 11.3. The summed E-state index contributed by atoms with van der Waals surface area (Å²) in [5.74, 6) is -0.800. The number of rotatable bonds is 5. The largest absolute Gasteiger partial charge is 0.497 e. The Morgan fingerprint density at radius 3 is 2.28 bits per heavy atom. The first-order valence-corrected chi connectivity index (χ1v) is 9.30. The lowest BCUT2D eigenvalue weighted by atomic mass is 10.1. The molecule has 3 aromatic rings. The summed E-state index contributed by atoms with van der Waals surface area (Å²) in [6, 6.07) is 11.3. The van der Waals surface area contributed by atoms with E-state index in [0.717, 1.165) is 10.2 Å². The lowest BCUT2D eigenvalue weighted by Crippen LogP contribution is -2.22. The summed E-state index contributed by atoms with van der Waals surface area (Å²) in [4.78, 5) is 40.5. The number of carbonyl (C=O) groups is 3. The minimum absolute atomic E-state index is 0.0871. The molecule has 9 heteroatoms. The summed E-state index contributed by atoms with van der Waals surface area (Å²) in [7, 11) is 4.14. The molecular weight excluding hydrogens is 396 g/mol. The van der Waals surface area contributed by atoms with Crippen molar-refractivity contribution in [2.75, 3.05) is 21.3 Å². The molecule has 0 fully saturated rings. The van der Waals surface area contributed by atoms with E-state index in [9.17, 15) is 14.4 Å². The third kappa shape index (κ3) is 4.35. The molecule has 1 aromatic heterocycles. The Balaban J connectivity index is 2.05. The summed E-state index contributed by atoms with van der Waals surface area (Å²) in [6.07, 6.45) is 0. The summed E-state index contributed by atoms with van der Waals surface area (Å²) < 4.78 is 17.1. The number of benzene rings is 2. The monoisotopic (exact) mass is 414 g/mol. The Hall–Kier alpha value is -3.46. The van der Waals surface area contributed by atoms with E-state index in [1.54, 1.807) is 23.8 Å². The smallest absolute Gasteiger partial charge is 0.337 e. The molecule has 2 aromatic carbocycles. The number of esters is 2. The molecule has 29 heavy (non-hydrogen) atoms. The number of amides is 1. The number of thiazole rings is 1. The van der Waals surface area contributed by atoms with Gasteiger partial charge < -0.3 is 18.8 Å². The number of carbonyl (C=O) groups excluding carboxylic acids is 3. The molecule has 0 radical (unpaired) electrons. The van der Waals surface area contributed by atoms with Crippen LogP contribution in [0.1, 0.15) is 20.7 Å². The quantitative estimate of drug-likeness (QED) is 0.595. The first kappa shape index (κ1) is 20.3. The highest BCUT2D eigenvalue weighted by atomic mass is 32.1. The molecule has 0 aliphatic rings. The first-order valence-electron chi connectivity index (χ1n) is 8.48. The van der Waals surface area contributed by atoms with Crippen LogP contribution in [0.3, 0.4) is 0 Å². The third-order valence-corrected chi connectivity index (χ3v) is 5.20. The Labute approximate surface area is 170 Å². The van der Waals surface area contributed by atoms with Crippen molar-refractivity contribution in [2.45, 2.75) is 6.54 Å². The van der Waals surface area contributed by atoms with Crippen molar-refractivity contribution in [2.24, 2.45) is 4.99 Å². The van der Waals surface area contributed by atoms with E-state index in [-0.39, 0.29) is 6.54 Å². The molecule has 0 bridgehead atoms. The minimum atomic E-state index is -0.501. The van der Waals surface area contributed by atoms with Crippen LogP contribution >= 0.6 is 11.3 Å². The molecule has 0 aliphatic carbocycles. The van der Waals surface area contributed by atoms with Gasteiger partial charge in [-0.2, -0.15) is 4.99 Å². The van der Waals surface area contributed by atoms with Crippen LogP contribution in [-0.2, 0) is 20.8 Å². The SMILES string of the molecule is COC(=O)Cn1c(=NC(=O)c2ccc(C(=O)OC)cc2)sc2cc(OC)ccc21. The van der Waals surface area contributed by atoms with Crippen molar-refractivity contribution in [1.29, 1.82) is 0 Å². The number of nitrogens with zero attached hydrogens (tertiary/aromatic N) is 2. The minimum Gasteiger partial charge on any atom is -0.497 e. The fraction of sp³-hybridized carbons (Fsp3) is 0.200. The van der Waals surface area contributed by atoms with Gasteiger partial charge in [0, 0.05) is 5.56 Å². The maximum atomic E-state index is 12.6. The van der Waals surface area contributed by atoms with Gasteiger partial charge in [-0.1, -0.05) is 11.3 Å². The number of methoxy groups -OCH3 is 3. The number of hydrogen-bond acceptors (Lipinski definition) is 7. The standard InChI is InChI=1S/C20H18N2O6S/c1-26-14-8-9-15-16(10-14)29-20(22(15)11-17(23)27-2)21-18(24)12-4-6-13(7-5-12)19(25)28-3/h4-10H,11H2,1-3H3. The zero-order chi connectivity index (χ0) is 21.0. The fourth-order valence-corrected chi connectivity index (χ4v) is 3.69. The molecule has 8 nitrogen and oxygen atoms in total. The van der Waals surface area contributed by atoms with Crippen molar-refractivity contribution in [3.8, 4) is 5.75 Å². The Kier molecular flexibility index (Phi) is 6.08. The van der Waals surface area contributed by atoms with E-state index < -0.39 is 17.8 Å². The highest BCUT2D eigenvalue weighted by molar-refractivity contribution is 7.16. The van der Waals surface area contributed by atoms with Crippen LogP contribution in [0.5, 0.6) is 5.75 Å². The van der Waals surface area contributed by atoms with Crippen LogP contribution in [0, 0.1) is 0 Å². The molecule has 1 heterocycles. The highest BCUT2D eigenvalue weighted by Crippen LogP contribution is 2.23. The highest BCUT2D eigenvalue weighted by Gasteiger charge is 2.14. The van der Waals surface area contributed by atoms with Crippen molar-refractivity contribution < 1.29 is 28.6 Å². The molecule has 0 saturated carbocycles. The molecule has 150 valence electrons. The van der Waals surface area contributed by atoms with Crippen LogP contribution < -0.4 is 9.54 Å². The van der Waals surface area contributed by atoms with Crippen LogP contribution in [0.25, 0.3) is 10.2 Å². The van der Waals surface area contributed by atoms with Crippen LogP contribution in [0.2, 0.25) is 0 Å². The third-order valence-electron chi connectivity index (χ3n) is 4.15. The van der Waals surface area contributed by atoms with E-state index >= 15 is 0 Å². The van der Waals surface area contributed by atoms with E-state index in [1.165, 1.54) is 49.8 Å². The summed E-state index contributed by atoms with van der Waals surface area (Å²) in [5, 5.41) is 0. The van der Waals surface area contributed by atoms with Gasteiger partial charge in [0.15, 0.2) is 4.80 Å². The zero-order valence-corrected chi connectivity index (χ0v) is 16.8. The maximum Gasteiger partial charge on any atom is 0.337 e. The number of aromatic nitrogens is 1. The zero-order valence-electron chi connectivity index (χ0n) is 16.0. The van der Waals surface area contributed by atoms with Crippen molar-refractivity contribution in [3.05, 3.63) is 58.4 Å². The maximum absolute atomic E-state index is 12.6. The topological polar surface area (TPSA) is 96.2 Å². The van der Waals surface area contributed by atoms with Gasteiger partial charge in [-0.15, -0.1) is 0 Å². The average molecular weight is 414 g/mol. The average Bonchev–Trinajstić information content (AvgIpc) is 3.08. The van der Waals surface area contributed by atoms with Crippen LogP contribution in [0.4, 0.5) is 0 Å². The molecule has 3 rings (SSSR count). The van der Waals surface area contributed by atoms with Crippen LogP contribution in [0.15, 0.2) is 47.5 Å². The van der Waals surface area contributed by atoms with Gasteiger partial charge >= 0.3 is 11.9 Å². The van der Waals surface area contributed by atoms with E-state index in [1.807, 2.05) is 6.07 Å². The molecular formula is C20H18N2O6S. The second-order valence-electron chi connectivity index (χ2n) is 5.87. The molecule has 0 atom stereocenters. The Bertz CT molecular complexity index is 1140. The number of hydrogen-bond donors (Lipinski definition) is 0. The fourth-order valence-electron chi connectivity index (χ4n) is 2.63. The molecule has 0 aliphatic heterocycles. The molecule has 0 saturated heterocycles. The molecule has 0 unspecified atom stereocenters. The molecule has 1 amide bonds. The van der Waals surface area contributed by atoms with E-state index in [2.05, 4.69) is 9.73 Å². The predicted octanol–water partition coefficient (Wildman–Crippen LogP) is 2.41. The first-order chi connectivity index (χ1) is 14.0. The summed E-state index contributed by atoms with van der Waals surface area (Å²) >= 11 is 1.25. The van der Waals surface area contributed by atoms with Gasteiger partial charge in [-0.05, 0) is 42.5 Å². The van der Waals surface area contributed by atoms with Gasteiger partial charge in [0.05, 0.1) is 37.1 Å². The van der Waals surface area contributed by atoms with Crippen molar-refractivity contribution in [1.82, 2.24) is 4.57 Å². The summed E-state index contributed by atoms with van der Waals surface area (Å²) in [5.41, 5.74) is 1.37. The van der Waals surface area contributed by atoms with E-state index in [0.29, 0.717) is 21.7 Å². The van der Waals surface area contributed by atoms with Gasteiger partial charge in [-0.3, -0.25) is 9.59 Å². The lowest BCUT2D eigenvalue weighted by Gasteiger charge is -2.04. The molecule has 0 spiro atoms. The van der Waals surface area contributed by atoms with Gasteiger partial charge in [0.25, 0.3) is 5.91 Å². The van der Waals surface area contributed by atoms with Gasteiger partial charge in [0.2, 0.25) is 0 Å². The second-order valence-corrected chi connectivity index (χ2v) is 6.88. The summed E-state index contributed by atoms with van der Waals surface area (Å²) in [6.45, 7) is -0.0871. The Morgan fingerprint density at radius 2 is 1.66 bits per heavy atom. The Morgan fingerprint density at radius 1 is 0.966 bits per heavy atom. The van der Waals surface area contributed by atoms with Crippen LogP contribution in [-0.4, -0.2) is 43.7 Å². The lowest BCUT2D eigenvalue weighted by molar-refractivity contribution is -0.141. The second kappa shape index (κ2) is 8.70. The number of fused-ring (bicyclic) bond motifs is 1. The van der Waals surface area contributed by atoms with Crippen molar-refractivity contribution in [3.63, 3.8) is 0 Å². The van der Waals surface area contributed by atoms with Gasteiger partial charge in [-0.25, -0.2) is 4.79 Å². The van der Waals surface area contributed by atoms with E-state index in [4.69, 9.17) is 9.47 Å². The van der Waals surface area contributed by atoms with Gasteiger partial charge in [0.1, 0.15) is 12.3 Å². The molecule has 0 N–H and O–H groups in total.